The molecular weight excluding hydrogens is 277 g/mol. The lowest BCUT2D eigenvalue weighted by Gasteiger charge is -2.15. The second-order valence-electron chi connectivity index (χ2n) is 4.55. The van der Waals surface area contributed by atoms with E-state index in [1.807, 2.05) is 6.07 Å². The Morgan fingerprint density at radius 1 is 1.25 bits per heavy atom. The summed E-state index contributed by atoms with van der Waals surface area (Å²) in [6, 6.07) is 13.1. The van der Waals surface area contributed by atoms with Crippen molar-refractivity contribution in [3.8, 4) is 0 Å². The first-order chi connectivity index (χ1) is 9.61. The van der Waals surface area contributed by atoms with E-state index in [-0.39, 0.29) is 11.7 Å². The average molecular weight is 292 g/mol. The summed E-state index contributed by atoms with van der Waals surface area (Å²) in [7, 11) is 0. The molecule has 2 aromatic carbocycles. The van der Waals surface area contributed by atoms with E-state index < -0.39 is 6.04 Å². The van der Waals surface area contributed by atoms with Crippen LogP contribution in [0.25, 0.3) is 0 Å². The maximum absolute atomic E-state index is 13.6. The number of halogens is 2. The fourth-order valence-corrected chi connectivity index (χ4v) is 2.15. The maximum Gasteiger partial charge on any atom is 0.251 e. The molecule has 20 heavy (non-hydrogen) atoms. The second-order valence-corrected chi connectivity index (χ2v) is 4.82. The van der Waals surface area contributed by atoms with Crippen molar-refractivity contribution in [1.29, 1.82) is 0 Å². The Hall–Kier alpha value is -1.87. The van der Waals surface area contributed by atoms with Crippen molar-refractivity contribution in [2.75, 3.05) is 0 Å². The molecule has 0 aliphatic carbocycles. The van der Waals surface area contributed by atoms with E-state index in [9.17, 15) is 9.18 Å². The van der Waals surface area contributed by atoms with Gasteiger partial charge in [-0.2, -0.15) is 0 Å². The van der Waals surface area contributed by atoms with Crippen LogP contribution in [0.3, 0.4) is 0 Å². The zero-order chi connectivity index (χ0) is 14.5. The third kappa shape index (κ3) is 3.36. The molecule has 0 spiro atoms. The van der Waals surface area contributed by atoms with Gasteiger partial charge >= 0.3 is 0 Å². The molecule has 0 fully saturated rings. The summed E-state index contributed by atoms with van der Waals surface area (Å²) in [6.07, 6.45) is 0. The Morgan fingerprint density at radius 3 is 2.70 bits per heavy atom. The smallest absolute Gasteiger partial charge is 0.251 e. The summed E-state index contributed by atoms with van der Waals surface area (Å²) in [5.74, 6) is -0.216. The highest BCUT2D eigenvalue weighted by Crippen LogP contribution is 2.17. The van der Waals surface area contributed by atoms with Crippen LogP contribution in [-0.4, -0.2) is 5.91 Å². The largest absolute Gasteiger partial charge is 0.345 e. The summed E-state index contributed by atoms with van der Waals surface area (Å²) < 4.78 is 13.6. The van der Waals surface area contributed by atoms with Gasteiger partial charge in [-0.3, -0.25) is 4.79 Å². The summed E-state index contributed by atoms with van der Waals surface area (Å²) in [6.45, 7) is 1.75. The van der Waals surface area contributed by atoms with E-state index in [2.05, 4.69) is 5.32 Å². The molecule has 0 saturated carbocycles. The molecule has 1 atom stereocenters. The first-order valence-corrected chi connectivity index (χ1v) is 6.85. The molecular formula is C16H15ClFNO. The number of benzene rings is 2. The molecule has 1 amide bonds. The van der Waals surface area contributed by atoms with Crippen LogP contribution in [0.4, 0.5) is 4.39 Å². The molecule has 0 unspecified atom stereocenters. The molecule has 0 radical (unpaired) electrons. The Kier molecular flexibility index (Phi) is 4.74. The monoisotopic (exact) mass is 291 g/mol. The highest BCUT2D eigenvalue weighted by molar-refractivity contribution is 6.17. The Labute approximate surface area is 122 Å². The minimum absolute atomic E-state index is 0.243. The summed E-state index contributed by atoms with van der Waals surface area (Å²) in [5.41, 5.74) is 1.86. The van der Waals surface area contributed by atoms with Crippen molar-refractivity contribution >= 4 is 17.5 Å². The molecule has 2 aromatic rings. The lowest BCUT2D eigenvalue weighted by Crippen LogP contribution is -2.27. The molecule has 0 aliphatic heterocycles. The molecule has 104 valence electrons. The number of amides is 1. The van der Waals surface area contributed by atoms with Gasteiger partial charge in [-0.1, -0.05) is 30.3 Å². The van der Waals surface area contributed by atoms with E-state index >= 15 is 0 Å². The van der Waals surface area contributed by atoms with Crippen molar-refractivity contribution in [2.45, 2.75) is 18.8 Å². The van der Waals surface area contributed by atoms with Gasteiger partial charge in [-0.15, -0.1) is 11.6 Å². The third-order valence-corrected chi connectivity index (χ3v) is 3.37. The lowest BCUT2D eigenvalue weighted by atomic mass is 10.1. The zero-order valence-electron chi connectivity index (χ0n) is 11.1. The Balaban J connectivity index is 2.13. The molecule has 0 aromatic heterocycles. The van der Waals surface area contributed by atoms with Gasteiger partial charge < -0.3 is 5.32 Å². The zero-order valence-corrected chi connectivity index (χ0v) is 11.8. The Morgan fingerprint density at radius 2 is 2.00 bits per heavy atom. The number of carbonyl (C=O) groups excluding carboxylic acids is 1. The standard InChI is InChI=1S/C16H15ClFNO/c1-11(14-7-2-3-8-15(14)18)19-16(20)13-6-4-5-12(9-13)10-17/h2-9,11H,10H2,1H3,(H,19,20)/t11-/m1/s1. The van der Waals surface area contributed by atoms with E-state index in [4.69, 9.17) is 11.6 Å². The Bertz CT molecular complexity index is 615. The van der Waals surface area contributed by atoms with Gasteiger partial charge in [0.25, 0.3) is 5.91 Å². The predicted octanol–water partition coefficient (Wildman–Crippen LogP) is 4.06. The van der Waals surface area contributed by atoms with Gasteiger partial charge in [0.1, 0.15) is 5.82 Å². The molecule has 4 heteroatoms. The van der Waals surface area contributed by atoms with Crippen LogP contribution in [0, 0.1) is 5.82 Å². The highest BCUT2D eigenvalue weighted by atomic mass is 35.5. The first kappa shape index (κ1) is 14.5. The van der Waals surface area contributed by atoms with Crippen molar-refractivity contribution < 1.29 is 9.18 Å². The van der Waals surface area contributed by atoms with Crippen LogP contribution in [0.2, 0.25) is 0 Å². The number of hydrogen-bond donors (Lipinski definition) is 1. The van der Waals surface area contributed by atoms with Gasteiger partial charge in [-0.05, 0) is 30.7 Å². The summed E-state index contributed by atoms with van der Waals surface area (Å²) in [5, 5.41) is 2.78. The van der Waals surface area contributed by atoms with E-state index in [0.29, 0.717) is 17.0 Å². The molecule has 0 bridgehead atoms. The van der Waals surface area contributed by atoms with Crippen molar-refractivity contribution in [1.82, 2.24) is 5.32 Å². The van der Waals surface area contributed by atoms with Crippen molar-refractivity contribution in [3.63, 3.8) is 0 Å². The van der Waals surface area contributed by atoms with Crippen LogP contribution >= 0.6 is 11.6 Å². The molecule has 0 aliphatic rings. The van der Waals surface area contributed by atoms with Crippen molar-refractivity contribution in [2.24, 2.45) is 0 Å². The average Bonchev–Trinajstić information content (AvgIpc) is 2.47. The first-order valence-electron chi connectivity index (χ1n) is 6.32. The van der Waals surface area contributed by atoms with E-state index in [0.717, 1.165) is 5.56 Å². The normalized spacial score (nSPS) is 11.9. The number of nitrogens with one attached hydrogen (secondary N) is 1. The number of alkyl halides is 1. The number of hydrogen-bond acceptors (Lipinski definition) is 1. The molecule has 0 saturated heterocycles. The van der Waals surface area contributed by atoms with Gasteiger partial charge in [0.15, 0.2) is 0 Å². The van der Waals surface area contributed by atoms with Crippen LogP contribution in [-0.2, 0) is 5.88 Å². The van der Waals surface area contributed by atoms with Crippen molar-refractivity contribution in [3.05, 3.63) is 71.0 Å². The minimum Gasteiger partial charge on any atom is -0.345 e. The highest BCUT2D eigenvalue weighted by Gasteiger charge is 2.14. The molecule has 1 N–H and O–H groups in total. The SMILES string of the molecule is C[C@@H](NC(=O)c1cccc(CCl)c1)c1ccccc1F. The van der Waals surface area contributed by atoms with Gasteiger partial charge in [0, 0.05) is 17.0 Å². The van der Waals surface area contributed by atoms with Crippen LogP contribution in [0.15, 0.2) is 48.5 Å². The number of carbonyl (C=O) groups is 1. The quantitative estimate of drug-likeness (QED) is 0.846. The van der Waals surface area contributed by atoms with Gasteiger partial charge in [0.05, 0.1) is 6.04 Å². The second kappa shape index (κ2) is 6.53. The van der Waals surface area contributed by atoms with E-state index in [1.165, 1.54) is 6.07 Å². The van der Waals surface area contributed by atoms with Crippen LogP contribution in [0.5, 0.6) is 0 Å². The van der Waals surface area contributed by atoms with E-state index in [1.54, 1.807) is 43.3 Å². The minimum atomic E-state index is -0.400. The third-order valence-electron chi connectivity index (χ3n) is 3.06. The van der Waals surface area contributed by atoms with Gasteiger partial charge in [-0.25, -0.2) is 4.39 Å². The lowest BCUT2D eigenvalue weighted by molar-refractivity contribution is 0.0939. The molecule has 0 heterocycles. The topological polar surface area (TPSA) is 29.1 Å². The van der Waals surface area contributed by atoms with Crippen LogP contribution in [0.1, 0.15) is 34.5 Å². The number of rotatable bonds is 4. The fraction of sp³-hybridized carbons (Fsp3) is 0.188. The predicted molar refractivity (Wildman–Crippen MR) is 78.3 cm³/mol. The van der Waals surface area contributed by atoms with Gasteiger partial charge in [0.2, 0.25) is 0 Å². The van der Waals surface area contributed by atoms with Crippen LogP contribution < -0.4 is 5.32 Å². The molecule has 2 rings (SSSR count). The summed E-state index contributed by atoms with van der Waals surface area (Å²) >= 11 is 5.74. The molecule has 2 nitrogen and oxygen atoms in total. The summed E-state index contributed by atoms with van der Waals surface area (Å²) in [4.78, 5) is 12.1. The fourth-order valence-electron chi connectivity index (χ4n) is 1.98. The maximum atomic E-state index is 13.6.